The van der Waals surface area contributed by atoms with E-state index in [9.17, 15) is 9.59 Å². The topological polar surface area (TPSA) is 110 Å². The molecular weight excluding hydrogens is 344 g/mol. The van der Waals surface area contributed by atoms with E-state index in [0.717, 1.165) is 50.7 Å². The number of aromatic nitrogens is 1. The van der Waals surface area contributed by atoms with Crippen molar-refractivity contribution in [1.82, 2.24) is 15.8 Å². The van der Waals surface area contributed by atoms with E-state index >= 15 is 0 Å². The van der Waals surface area contributed by atoms with Gasteiger partial charge in [-0.3, -0.25) is 9.59 Å². The monoisotopic (exact) mass is 374 g/mol. The summed E-state index contributed by atoms with van der Waals surface area (Å²) in [4.78, 5) is 24.6. The summed E-state index contributed by atoms with van der Waals surface area (Å²) < 4.78 is 5.30. The van der Waals surface area contributed by atoms with Gasteiger partial charge in [0.25, 0.3) is 5.91 Å². The van der Waals surface area contributed by atoms with E-state index in [1.807, 2.05) is 6.92 Å². The van der Waals surface area contributed by atoms with Crippen LogP contribution in [0, 0.1) is 11.8 Å². The lowest BCUT2D eigenvalue weighted by atomic mass is 9.67. The minimum Gasteiger partial charge on any atom is -0.360 e. The minimum atomic E-state index is -0.124. The van der Waals surface area contributed by atoms with Crippen molar-refractivity contribution < 1.29 is 14.1 Å². The van der Waals surface area contributed by atoms with Crippen LogP contribution in [0.15, 0.2) is 10.6 Å². The van der Waals surface area contributed by atoms with Gasteiger partial charge in [0.15, 0.2) is 5.69 Å². The largest absolute Gasteiger partial charge is 0.360 e. The molecule has 4 rings (SSSR count). The fourth-order valence-electron chi connectivity index (χ4n) is 4.75. The number of rotatable bonds is 6. The maximum atomic E-state index is 12.5. The number of nitrogens with zero attached hydrogens (tertiary/aromatic N) is 1. The lowest BCUT2D eigenvalue weighted by Crippen LogP contribution is -2.52. The summed E-state index contributed by atoms with van der Waals surface area (Å²) in [5.74, 6) is 2.21. The van der Waals surface area contributed by atoms with Crippen molar-refractivity contribution in [3.63, 3.8) is 0 Å². The van der Waals surface area contributed by atoms with Gasteiger partial charge in [-0.05, 0) is 63.7 Å². The first-order chi connectivity index (χ1) is 13.0. The van der Waals surface area contributed by atoms with Crippen LogP contribution in [0.5, 0.6) is 0 Å². The number of fused-ring (bicyclic) bond motifs is 2. The summed E-state index contributed by atoms with van der Waals surface area (Å²) >= 11 is 0. The van der Waals surface area contributed by atoms with Crippen molar-refractivity contribution >= 4 is 11.8 Å². The molecule has 0 aromatic carbocycles. The molecule has 3 fully saturated rings. The second-order valence-corrected chi connectivity index (χ2v) is 8.73. The van der Waals surface area contributed by atoms with Gasteiger partial charge >= 0.3 is 0 Å². The molecular formula is C20H30N4O3. The third kappa shape index (κ3) is 4.34. The predicted octanol–water partition coefficient (Wildman–Crippen LogP) is 2.08. The minimum absolute atomic E-state index is 0.0568. The van der Waals surface area contributed by atoms with Crippen LogP contribution in [0.25, 0.3) is 0 Å². The van der Waals surface area contributed by atoms with Crippen molar-refractivity contribution in [2.24, 2.45) is 17.6 Å². The zero-order valence-electron chi connectivity index (χ0n) is 15.9. The van der Waals surface area contributed by atoms with Crippen LogP contribution in [0.1, 0.15) is 80.5 Å². The van der Waals surface area contributed by atoms with Gasteiger partial charge < -0.3 is 20.9 Å². The Morgan fingerprint density at radius 2 is 1.81 bits per heavy atom. The molecule has 148 valence electrons. The number of nitrogens with one attached hydrogen (secondary N) is 2. The Morgan fingerprint density at radius 1 is 1.15 bits per heavy atom. The van der Waals surface area contributed by atoms with Crippen LogP contribution >= 0.6 is 0 Å². The lowest BCUT2D eigenvalue weighted by molar-refractivity contribution is -0.123. The predicted molar refractivity (Wildman–Crippen MR) is 100.0 cm³/mol. The SMILES string of the molecule is CC(N)CC(=O)NC1CCC2CC1CCC2NC(=O)c1cc(C2CC2)on1. The summed E-state index contributed by atoms with van der Waals surface area (Å²) in [6.07, 6.45) is 7.67. The van der Waals surface area contributed by atoms with E-state index in [1.54, 1.807) is 6.07 Å². The Hall–Kier alpha value is -1.89. The van der Waals surface area contributed by atoms with Gasteiger partial charge in [-0.1, -0.05) is 5.16 Å². The first-order valence-corrected chi connectivity index (χ1v) is 10.3. The number of hydrogen-bond acceptors (Lipinski definition) is 5. The number of hydrogen-bond donors (Lipinski definition) is 3. The molecule has 3 aliphatic carbocycles. The van der Waals surface area contributed by atoms with Gasteiger partial charge in [-0.15, -0.1) is 0 Å². The summed E-state index contributed by atoms with van der Waals surface area (Å²) in [5, 5.41) is 10.3. The average molecular weight is 374 g/mol. The first kappa shape index (κ1) is 18.5. The van der Waals surface area contributed by atoms with Crippen molar-refractivity contribution in [3.05, 3.63) is 17.5 Å². The molecule has 5 unspecified atom stereocenters. The normalized spacial score (nSPS) is 31.2. The fourth-order valence-corrected chi connectivity index (χ4v) is 4.75. The molecule has 2 amide bonds. The van der Waals surface area contributed by atoms with E-state index in [2.05, 4.69) is 15.8 Å². The molecule has 2 bridgehead atoms. The molecule has 0 aliphatic heterocycles. The molecule has 7 heteroatoms. The second kappa shape index (κ2) is 7.62. The quantitative estimate of drug-likeness (QED) is 0.706. The van der Waals surface area contributed by atoms with Gasteiger partial charge in [0.05, 0.1) is 0 Å². The Kier molecular flexibility index (Phi) is 5.21. The third-order valence-electron chi connectivity index (χ3n) is 6.35. The highest BCUT2D eigenvalue weighted by Crippen LogP contribution is 2.41. The Balaban J connectivity index is 1.29. The average Bonchev–Trinajstić information content (AvgIpc) is 3.35. The van der Waals surface area contributed by atoms with Crippen LogP contribution < -0.4 is 16.4 Å². The van der Waals surface area contributed by atoms with Crippen molar-refractivity contribution in [2.75, 3.05) is 0 Å². The Morgan fingerprint density at radius 3 is 2.44 bits per heavy atom. The zero-order chi connectivity index (χ0) is 19.0. The van der Waals surface area contributed by atoms with Gasteiger partial charge in [-0.2, -0.15) is 0 Å². The van der Waals surface area contributed by atoms with Gasteiger partial charge in [0, 0.05) is 36.5 Å². The van der Waals surface area contributed by atoms with Gasteiger partial charge in [0.1, 0.15) is 5.76 Å². The number of carbonyl (C=O) groups is 2. The number of amides is 2. The summed E-state index contributed by atoms with van der Waals surface area (Å²) in [6, 6.07) is 2.13. The van der Waals surface area contributed by atoms with Gasteiger partial charge in [0.2, 0.25) is 5.91 Å². The van der Waals surface area contributed by atoms with E-state index in [1.165, 1.54) is 0 Å². The molecule has 1 aromatic heterocycles. The summed E-state index contributed by atoms with van der Waals surface area (Å²) in [7, 11) is 0. The standard InChI is InChI=1S/C20H30N4O3/c1-11(21)8-19(25)22-15-6-4-14-9-13(15)5-7-16(14)23-20(26)17-10-18(27-24-17)12-2-3-12/h10-16H,2-9,21H2,1H3,(H,22,25)(H,23,26). The van der Waals surface area contributed by atoms with Crippen molar-refractivity contribution in [1.29, 1.82) is 0 Å². The van der Waals surface area contributed by atoms with Crippen LogP contribution in [-0.4, -0.2) is 35.1 Å². The Bertz CT molecular complexity index is 697. The highest BCUT2D eigenvalue weighted by molar-refractivity contribution is 5.92. The smallest absolute Gasteiger partial charge is 0.273 e. The van der Waals surface area contributed by atoms with Crippen LogP contribution in [0.4, 0.5) is 0 Å². The molecule has 0 spiro atoms. The highest BCUT2D eigenvalue weighted by Gasteiger charge is 2.40. The number of carbonyl (C=O) groups excluding carboxylic acids is 2. The lowest BCUT2D eigenvalue weighted by Gasteiger charge is -2.44. The molecule has 1 aromatic rings. The molecule has 4 N–H and O–H groups in total. The maximum absolute atomic E-state index is 12.5. The summed E-state index contributed by atoms with van der Waals surface area (Å²) in [6.45, 7) is 1.85. The molecule has 27 heavy (non-hydrogen) atoms. The van der Waals surface area contributed by atoms with Crippen LogP contribution in [0.3, 0.4) is 0 Å². The zero-order valence-corrected chi connectivity index (χ0v) is 15.9. The molecule has 7 nitrogen and oxygen atoms in total. The Labute approximate surface area is 159 Å². The third-order valence-corrected chi connectivity index (χ3v) is 6.35. The maximum Gasteiger partial charge on any atom is 0.273 e. The van der Waals surface area contributed by atoms with Crippen molar-refractivity contribution in [2.45, 2.75) is 82.3 Å². The second-order valence-electron chi connectivity index (χ2n) is 8.73. The van der Waals surface area contributed by atoms with Crippen LogP contribution in [-0.2, 0) is 4.79 Å². The molecule has 0 saturated heterocycles. The number of nitrogens with two attached hydrogens (primary N) is 1. The fraction of sp³-hybridized carbons (Fsp3) is 0.750. The molecule has 0 radical (unpaired) electrons. The highest BCUT2D eigenvalue weighted by atomic mass is 16.5. The van der Waals surface area contributed by atoms with E-state index in [4.69, 9.17) is 10.3 Å². The molecule has 5 atom stereocenters. The van der Waals surface area contributed by atoms with E-state index in [0.29, 0.717) is 29.9 Å². The van der Waals surface area contributed by atoms with Crippen LogP contribution in [0.2, 0.25) is 0 Å². The molecule has 3 saturated carbocycles. The summed E-state index contributed by atoms with van der Waals surface area (Å²) in [5.41, 5.74) is 6.12. The first-order valence-electron chi connectivity index (χ1n) is 10.3. The van der Waals surface area contributed by atoms with Gasteiger partial charge in [-0.25, -0.2) is 0 Å². The molecule has 3 aliphatic rings. The van der Waals surface area contributed by atoms with E-state index < -0.39 is 0 Å². The molecule has 1 heterocycles. The van der Waals surface area contributed by atoms with E-state index in [-0.39, 0.29) is 29.9 Å². The van der Waals surface area contributed by atoms with Crippen molar-refractivity contribution in [3.8, 4) is 0 Å².